The number of piperidine rings is 1. The van der Waals surface area contributed by atoms with Crippen molar-refractivity contribution in [3.63, 3.8) is 0 Å². The van der Waals surface area contributed by atoms with E-state index in [0.717, 1.165) is 28.3 Å². The van der Waals surface area contributed by atoms with Gasteiger partial charge in [-0.2, -0.15) is 4.31 Å². The van der Waals surface area contributed by atoms with Gasteiger partial charge in [-0.05, 0) is 48.6 Å². The summed E-state index contributed by atoms with van der Waals surface area (Å²) in [5.74, 6) is -1.08. The largest absolute Gasteiger partial charge is 0.325 e. The second kappa shape index (κ2) is 9.08. The molecule has 1 saturated heterocycles. The van der Waals surface area contributed by atoms with Crippen molar-refractivity contribution in [3.05, 3.63) is 70.8 Å². The molecule has 1 amide bonds. The quantitative estimate of drug-likeness (QED) is 0.544. The van der Waals surface area contributed by atoms with Gasteiger partial charge in [0.2, 0.25) is 15.9 Å². The number of carbonyl (C=O) groups excluding carboxylic acids is 1. The zero-order valence-electron chi connectivity index (χ0n) is 16.4. The summed E-state index contributed by atoms with van der Waals surface area (Å²) in [5.41, 5.74) is 1.70. The summed E-state index contributed by atoms with van der Waals surface area (Å²) < 4.78 is 40.4. The highest BCUT2D eigenvalue weighted by molar-refractivity contribution is 7.89. The number of amides is 1. The van der Waals surface area contributed by atoms with Gasteiger partial charge in [-0.3, -0.25) is 4.79 Å². The molecule has 5 nitrogen and oxygen atoms in total. The molecule has 4 rings (SSSR count). The van der Waals surface area contributed by atoms with Gasteiger partial charge in [-0.1, -0.05) is 35.9 Å². The number of sulfonamides is 1. The van der Waals surface area contributed by atoms with Gasteiger partial charge in [0.25, 0.3) is 0 Å². The lowest BCUT2D eigenvalue weighted by atomic mass is 9.97. The topological polar surface area (TPSA) is 66.5 Å². The monoisotopic (exact) mass is 478 g/mol. The van der Waals surface area contributed by atoms with Gasteiger partial charge in [-0.15, -0.1) is 11.3 Å². The molecule has 1 fully saturated rings. The Bertz CT molecular complexity index is 1190. The van der Waals surface area contributed by atoms with Gasteiger partial charge in [0.15, 0.2) is 0 Å². The van der Waals surface area contributed by atoms with Crippen molar-refractivity contribution >= 4 is 44.6 Å². The molecule has 3 aromatic rings. The smallest absolute Gasteiger partial charge is 0.243 e. The molecule has 0 unspecified atom stereocenters. The van der Waals surface area contributed by atoms with Crippen molar-refractivity contribution < 1.29 is 17.6 Å². The van der Waals surface area contributed by atoms with Crippen LogP contribution in [0.15, 0.2) is 64.9 Å². The Labute approximate surface area is 189 Å². The first-order valence-corrected chi connectivity index (χ1v) is 12.4. The van der Waals surface area contributed by atoms with Crippen LogP contribution in [0.3, 0.4) is 0 Å². The fraction of sp³-hybridized carbons (Fsp3) is 0.227. The maximum absolute atomic E-state index is 13.4. The highest BCUT2D eigenvalue weighted by Crippen LogP contribution is 2.32. The summed E-state index contributed by atoms with van der Waals surface area (Å²) in [5, 5.41) is 4.76. The number of benzene rings is 2. The van der Waals surface area contributed by atoms with Gasteiger partial charge in [0, 0.05) is 35.1 Å². The fourth-order valence-electron chi connectivity index (χ4n) is 3.62. The number of para-hydroxylation sites is 1. The predicted molar refractivity (Wildman–Crippen MR) is 121 cm³/mol. The van der Waals surface area contributed by atoms with Crippen molar-refractivity contribution in [2.75, 3.05) is 18.4 Å². The molecule has 9 heteroatoms. The van der Waals surface area contributed by atoms with Crippen LogP contribution >= 0.6 is 22.9 Å². The molecular weight excluding hydrogens is 459 g/mol. The van der Waals surface area contributed by atoms with Gasteiger partial charge in [0.1, 0.15) is 5.82 Å². The first kappa shape index (κ1) is 22.0. The molecule has 1 N–H and O–H groups in total. The van der Waals surface area contributed by atoms with E-state index < -0.39 is 15.8 Å². The van der Waals surface area contributed by atoms with E-state index in [4.69, 9.17) is 11.6 Å². The predicted octanol–water partition coefficient (Wildman–Crippen LogP) is 5.25. The Morgan fingerprint density at radius 2 is 1.84 bits per heavy atom. The Hall–Kier alpha value is -2.26. The minimum absolute atomic E-state index is 0.0494. The second-order valence-electron chi connectivity index (χ2n) is 7.27. The fourth-order valence-corrected chi connectivity index (χ4v) is 6.13. The molecule has 31 heavy (non-hydrogen) atoms. The summed E-state index contributed by atoms with van der Waals surface area (Å²) in [6.07, 6.45) is 0.808. The minimum Gasteiger partial charge on any atom is -0.325 e. The number of nitrogens with zero attached hydrogens (tertiary/aromatic N) is 1. The molecule has 1 aliphatic rings. The summed E-state index contributed by atoms with van der Waals surface area (Å²) in [6, 6.07) is 15.0. The molecule has 0 bridgehead atoms. The van der Waals surface area contributed by atoms with E-state index in [1.807, 2.05) is 41.8 Å². The molecule has 0 atom stereocenters. The second-order valence-corrected chi connectivity index (χ2v) is 10.6. The maximum atomic E-state index is 13.4. The first-order valence-electron chi connectivity index (χ1n) is 9.75. The summed E-state index contributed by atoms with van der Waals surface area (Å²) in [7, 11) is -3.79. The minimum atomic E-state index is -3.79. The zero-order chi connectivity index (χ0) is 22.0. The van der Waals surface area contributed by atoms with Crippen LogP contribution in [-0.4, -0.2) is 31.7 Å². The number of hydrogen-bond acceptors (Lipinski definition) is 4. The molecule has 0 aliphatic carbocycles. The Morgan fingerprint density at radius 3 is 2.52 bits per heavy atom. The Kier molecular flexibility index (Phi) is 6.43. The molecule has 162 valence electrons. The summed E-state index contributed by atoms with van der Waals surface area (Å²) in [6.45, 7) is 0.421. The third kappa shape index (κ3) is 4.67. The Morgan fingerprint density at radius 1 is 1.10 bits per heavy atom. The van der Waals surface area contributed by atoms with E-state index >= 15 is 0 Å². The maximum Gasteiger partial charge on any atom is 0.243 e. The molecular formula is C22H20ClFN2O3S2. The lowest BCUT2D eigenvalue weighted by Crippen LogP contribution is -2.41. The molecule has 0 saturated carbocycles. The van der Waals surface area contributed by atoms with Crippen molar-refractivity contribution in [3.8, 4) is 10.4 Å². The molecule has 1 aliphatic heterocycles. The highest BCUT2D eigenvalue weighted by atomic mass is 35.5. The number of halogens is 2. The average Bonchev–Trinajstić information content (AvgIpc) is 3.31. The number of nitrogens with one attached hydrogen (secondary N) is 1. The molecule has 1 aromatic heterocycles. The third-order valence-corrected chi connectivity index (χ3v) is 8.41. The van der Waals surface area contributed by atoms with Crippen LogP contribution < -0.4 is 5.32 Å². The van der Waals surface area contributed by atoms with E-state index in [9.17, 15) is 17.6 Å². The molecule has 2 aromatic carbocycles. The van der Waals surface area contributed by atoms with Crippen molar-refractivity contribution in [1.82, 2.24) is 4.31 Å². The number of hydrogen-bond donors (Lipinski definition) is 1. The number of carbonyl (C=O) groups is 1. The number of anilines is 1. The van der Waals surface area contributed by atoms with Crippen LogP contribution in [0.2, 0.25) is 5.02 Å². The van der Waals surface area contributed by atoms with Gasteiger partial charge >= 0.3 is 0 Å². The SMILES string of the molecule is O=C(Nc1ccccc1-c1cccs1)C1CCN(S(=O)(=O)c2ccc(F)c(Cl)c2)CC1. The summed E-state index contributed by atoms with van der Waals surface area (Å²) in [4.78, 5) is 13.9. The van der Waals surface area contributed by atoms with Crippen LogP contribution in [0.25, 0.3) is 10.4 Å². The van der Waals surface area contributed by atoms with E-state index in [1.54, 1.807) is 11.3 Å². The lowest BCUT2D eigenvalue weighted by Gasteiger charge is -2.30. The van der Waals surface area contributed by atoms with Crippen LogP contribution in [0.4, 0.5) is 10.1 Å². The van der Waals surface area contributed by atoms with Crippen LogP contribution in [-0.2, 0) is 14.8 Å². The summed E-state index contributed by atoms with van der Waals surface area (Å²) >= 11 is 7.34. The van der Waals surface area contributed by atoms with Crippen LogP contribution in [0.1, 0.15) is 12.8 Å². The lowest BCUT2D eigenvalue weighted by molar-refractivity contribution is -0.120. The zero-order valence-corrected chi connectivity index (χ0v) is 18.8. The van der Waals surface area contributed by atoms with E-state index in [2.05, 4.69) is 5.32 Å². The third-order valence-electron chi connectivity index (χ3n) is 5.33. The number of rotatable bonds is 5. The first-order chi connectivity index (χ1) is 14.9. The standard InChI is InChI=1S/C22H20ClFN2O3S2/c23-18-14-16(7-8-19(18)24)31(28,29)26-11-9-15(10-12-26)22(27)25-20-5-2-1-4-17(20)21-6-3-13-30-21/h1-8,13-15H,9-12H2,(H,25,27). The van der Waals surface area contributed by atoms with E-state index in [1.165, 1.54) is 10.4 Å². The normalized spacial score (nSPS) is 15.7. The molecule has 0 radical (unpaired) electrons. The van der Waals surface area contributed by atoms with Gasteiger partial charge in [-0.25, -0.2) is 12.8 Å². The Balaban J connectivity index is 1.42. The van der Waals surface area contributed by atoms with Crippen molar-refractivity contribution in [1.29, 1.82) is 0 Å². The van der Waals surface area contributed by atoms with Crippen molar-refractivity contribution in [2.45, 2.75) is 17.7 Å². The van der Waals surface area contributed by atoms with E-state index in [-0.39, 0.29) is 34.8 Å². The molecule has 2 heterocycles. The van der Waals surface area contributed by atoms with E-state index in [0.29, 0.717) is 12.8 Å². The molecule has 0 spiro atoms. The number of thiophene rings is 1. The van der Waals surface area contributed by atoms with Crippen LogP contribution in [0, 0.1) is 11.7 Å². The highest BCUT2D eigenvalue weighted by Gasteiger charge is 2.32. The van der Waals surface area contributed by atoms with Crippen molar-refractivity contribution in [2.24, 2.45) is 5.92 Å². The van der Waals surface area contributed by atoms with Gasteiger partial charge < -0.3 is 5.32 Å². The van der Waals surface area contributed by atoms with Crippen LogP contribution in [0.5, 0.6) is 0 Å². The van der Waals surface area contributed by atoms with Gasteiger partial charge in [0.05, 0.1) is 9.92 Å². The average molecular weight is 479 g/mol.